The second-order valence-corrected chi connectivity index (χ2v) is 4.69. The van der Waals surface area contributed by atoms with Gasteiger partial charge in [0.25, 0.3) is 5.91 Å². The average molecular weight is 251 g/mol. The maximum atomic E-state index is 12.0. The summed E-state index contributed by atoms with van der Waals surface area (Å²) >= 11 is 0. The van der Waals surface area contributed by atoms with Crippen LogP contribution >= 0.6 is 0 Å². The topological polar surface area (TPSA) is 89.8 Å². The fourth-order valence-corrected chi connectivity index (χ4v) is 2.42. The van der Waals surface area contributed by atoms with Crippen LogP contribution in [0.15, 0.2) is 18.2 Å². The summed E-state index contributed by atoms with van der Waals surface area (Å²) in [7, 11) is 0. The molecule has 1 aromatic rings. The number of carbonyl (C=O) groups is 1. The van der Waals surface area contributed by atoms with Gasteiger partial charge in [0, 0.05) is 30.2 Å². The SMILES string of the molecule is O=C(NC1CCCC1CO)c1cc(O)cc(O)c1. The number of aromatic hydroxyl groups is 2. The number of aliphatic hydroxyl groups excluding tert-OH is 1. The standard InChI is InChI=1S/C13H17NO4/c15-7-8-2-1-3-12(8)14-13(18)9-4-10(16)6-11(17)5-9/h4-6,8,12,15-17H,1-3,7H2,(H,14,18). The van der Waals surface area contributed by atoms with Gasteiger partial charge >= 0.3 is 0 Å². The molecule has 1 aliphatic rings. The minimum Gasteiger partial charge on any atom is -0.508 e. The first-order valence-corrected chi connectivity index (χ1v) is 6.05. The molecular formula is C13H17NO4. The van der Waals surface area contributed by atoms with Crippen LogP contribution in [-0.2, 0) is 0 Å². The molecule has 1 fully saturated rings. The van der Waals surface area contributed by atoms with Crippen molar-refractivity contribution >= 4 is 5.91 Å². The molecule has 5 heteroatoms. The van der Waals surface area contributed by atoms with Gasteiger partial charge in [-0.15, -0.1) is 0 Å². The molecule has 0 bridgehead atoms. The van der Waals surface area contributed by atoms with E-state index in [1.807, 2.05) is 0 Å². The Balaban J connectivity index is 2.07. The Bertz CT molecular complexity index is 426. The molecule has 0 aromatic heterocycles. The van der Waals surface area contributed by atoms with Gasteiger partial charge < -0.3 is 20.6 Å². The maximum Gasteiger partial charge on any atom is 0.251 e. The van der Waals surface area contributed by atoms with Crippen LogP contribution in [0, 0.1) is 5.92 Å². The van der Waals surface area contributed by atoms with E-state index in [-0.39, 0.29) is 41.5 Å². The zero-order valence-corrected chi connectivity index (χ0v) is 9.97. The van der Waals surface area contributed by atoms with Gasteiger partial charge in [0.15, 0.2) is 0 Å². The van der Waals surface area contributed by atoms with E-state index < -0.39 is 0 Å². The fraction of sp³-hybridized carbons (Fsp3) is 0.462. The third-order valence-electron chi connectivity index (χ3n) is 3.37. The van der Waals surface area contributed by atoms with E-state index in [1.165, 1.54) is 18.2 Å². The summed E-state index contributed by atoms with van der Waals surface area (Å²) in [4.78, 5) is 12.0. The number of amides is 1. The Morgan fingerprint density at radius 3 is 2.50 bits per heavy atom. The van der Waals surface area contributed by atoms with Crippen molar-refractivity contribution in [1.29, 1.82) is 0 Å². The number of hydrogen-bond acceptors (Lipinski definition) is 4. The molecule has 0 radical (unpaired) electrons. The highest BCUT2D eigenvalue weighted by Gasteiger charge is 2.28. The fourth-order valence-electron chi connectivity index (χ4n) is 2.42. The second kappa shape index (κ2) is 5.27. The van der Waals surface area contributed by atoms with E-state index in [4.69, 9.17) is 0 Å². The molecule has 1 aliphatic carbocycles. The van der Waals surface area contributed by atoms with Gasteiger partial charge in [-0.25, -0.2) is 0 Å². The van der Waals surface area contributed by atoms with Crippen LogP contribution in [0.2, 0.25) is 0 Å². The average Bonchev–Trinajstić information content (AvgIpc) is 2.75. The highest BCUT2D eigenvalue weighted by molar-refractivity contribution is 5.95. The molecule has 2 atom stereocenters. The van der Waals surface area contributed by atoms with Crippen molar-refractivity contribution < 1.29 is 20.1 Å². The predicted molar refractivity (Wildman–Crippen MR) is 65.5 cm³/mol. The number of hydrogen-bond donors (Lipinski definition) is 4. The summed E-state index contributed by atoms with van der Waals surface area (Å²) in [6.45, 7) is 0.0657. The second-order valence-electron chi connectivity index (χ2n) is 4.69. The summed E-state index contributed by atoms with van der Waals surface area (Å²) in [5.74, 6) is -0.540. The molecule has 2 rings (SSSR count). The molecule has 1 saturated carbocycles. The van der Waals surface area contributed by atoms with Crippen molar-refractivity contribution in [3.05, 3.63) is 23.8 Å². The van der Waals surface area contributed by atoms with Crippen LogP contribution in [0.5, 0.6) is 11.5 Å². The zero-order valence-electron chi connectivity index (χ0n) is 9.97. The van der Waals surface area contributed by atoms with E-state index in [1.54, 1.807) is 0 Å². The first-order valence-electron chi connectivity index (χ1n) is 6.05. The predicted octanol–water partition coefficient (Wildman–Crippen LogP) is 0.989. The third-order valence-corrected chi connectivity index (χ3v) is 3.37. The summed E-state index contributed by atoms with van der Waals surface area (Å²) in [6.07, 6.45) is 2.75. The smallest absolute Gasteiger partial charge is 0.251 e. The first kappa shape index (κ1) is 12.7. The van der Waals surface area contributed by atoms with Crippen LogP contribution in [0.25, 0.3) is 0 Å². The quantitative estimate of drug-likeness (QED) is 0.645. The van der Waals surface area contributed by atoms with Gasteiger partial charge in [0.05, 0.1) is 0 Å². The van der Waals surface area contributed by atoms with Crippen molar-refractivity contribution in [2.24, 2.45) is 5.92 Å². The number of phenolic OH excluding ortho intramolecular Hbond substituents is 2. The number of rotatable bonds is 3. The van der Waals surface area contributed by atoms with E-state index in [9.17, 15) is 20.1 Å². The Kier molecular flexibility index (Phi) is 3.72. The molecule has 5 nitrogen and oxygen atoms in total. The Morgan fingerprint density at radius 2 is 1.89 bits per heavy atom. The molecule has 18 heavy (non-hydrogen) atoms. The van der Waals surface area contributed by atoms with E-state index >= 15 is 0 Å². The normalized spacial score (nSPS) is 22.9. The lowest BCUT2D eigenvalue weighted by Crippen LogP contribution is -2.38. The molecule has 0 heterocycles. The maximum absolute atomic E-state index is 12.0. The van der Waals surface area contributed by atoms with E-state index in [0.29, 0.717) is 0 Å². The van der Waals surface area contributed by atoms with Gasteiger partial charge in [-0.05, 0) is 25.0 Å². The monoisotopic (exact) mass is 251 g/mol. The molecule has 4 N–H and O–H groups in total. The molecule has 98 valence electrons. The minimum atomic E-state index is -0.341. The van der Waals surface area contributed by atoms with Crippen molar-refractivity contribution in [3.8, 4) is 11.5 Å². The van der Waals surface area contributed by atoms with Gasteiger partial charge in [0.1, 0.15) is 11.5 Å². The highest BCUT2D eigenvalue weighted by Crippen LogP contribution is 2.26. The Labute approximate surface area is 105 Å². The molecule has 1 amide bonds. The lowest BCUT2D eigenvalue weighted by Gasteiger charge is -2.19. The summed E-state index contributed by atoms with van der Waals surface area (Å²) in [5, 5.41) is 30.6. The van der Waals surface area contributed by atoms with Gasteiger partial charge in [-0.3, -0.25) is 4.79 Å². The first-order chi connectivity index (χ1) is 8.60. The lowest BCUT2D eigenvalue weighted by atomic mass is 10.0. The molecule has 1 aromatic carbocycles. The molecule has 0 saturated heterocycles. The van der Waals surface area contributed by atoms with Crippen LogP contribution in [0.1, 0.15) is 29.6 Å². The van der Waals surface area contributed by atoms with Gasteiger partial charge in [-0.2, -0.15) is 0 Å². The highest BCUT2D eigenvalue weighted by atomic mass is 16.3. The van der Waals surface area contributed by atoms with Crippen LogP contribution in [0.4, 0.5) is 0 Å². The number of carbonyl (C=O) groups excluding carboxylic acids is 1. The summed E-state index contributed by atoms with van der Waals surface area (Å²) in [5.41, 5.74) is 0.219. The summed E-state index contributed by atoms with van der Waals surface area (Å²) in [6, 6.07) is 3.74. The van der Waals surface area contributed by atoms with Crippen molar-refractivity contribution in [2.75, 3.05) is 6.61 Å². The van der Waals surface area contributed by atoms with Gasteiger partial charge in [0.2, 0.25) is 0 Å². The number of nitrogens with one attached hydrogen (secondary N) is 1. The minimum absolute atomic E-state index is 0.0352. The molecular weight excluding hydrogens is 234 g/mol. The largest absolute Gasteiger partial charge is 0.508 e. The van der Waals surface area contributed by atoms with E-state index in [0.717, 1.165) is 19.3 Å². The molecule has 0 spiro atoms. The Morgan fingerprint density at radius 1 is 1.22 bits per heavy atom. The zero-order chi connectivity index (χ0) is 13.1. The molecule has 2 unspecified atom stereocenters. The van der Waals surface area contributed by atoms with Crippen LogP contribution in [-0.4, -0.2) is 33.9 Å². The number of benzene rings is 1. The van der Waals surface area contributed by atoms with Crippen molar-refractivity contribution in [3.63, 3.8) is 0 Å². The molecule has 0 aliphatic heterocycles. The van der Waals surface area contributed by atoms with Crippen molar-refractivity contribution in [1.82, 2.24) is 5.32 Å². The van der Waals surface area contributed by atoms with Crippen LogP contribution < -0.4 is 5.32 Å². The van der Waals surface area contributed by atoms with Gasteiger partial charge in [-0.1, -0.05) is 6.42 Å². The number of phenols is 2. The van der Waals surface area contributed by atoms with Crippen LogP contribution in [0.3, 0.4) is 0 Å². The van der Waals surface area contributed by atoms with E-state index in [2.05, 4.69) is 5.32 Å². The third kappa shape index (κ3) is 2.73. The lowest BCUT2D eigenvalue weighted by molar-refractivity contribution is 0.0915. The number of aliphatic hydroxyl groups is 1. The Hall–Kier alpha value is -1.75. The van der Waals surface area contributed by atoms with Crippen molar-refractivity contribution in [2.45, 2.75) is 25.3 Å². The summed E-state index contributed by atoms with van der Waals surface area (Å²) < 4.78 is 0.